The van der Waals surface area contributed by atoms with Crippen molar-refractivity contribution in [2.24, 2.45) is 0 Å². The number of aromatic nitrogens is 1. The highest BCUT2D eigenvalue weighted by Crippen LogP contribution is 2.32. The predicted molar refractivity (Wildman–Crippen MR) is 74.3 cm³/mol. The summed E-state index contributed by atoms with van der Waals surface area (Å²) < 4.78 is 5.61. The van der Waals surface area contributed by atoms with Crippen LogP contribution in [0.15, 0.2) is 57.0 Å². The summed E-state index contributed by atoms with van der Waals surface area (Å²) >= 11 is 7.18. The average Bonchev–Trinajstić information content (AvgIpc) is 2.83. The maximum absolute atomic E-state index is 9.09. The van der Waals surface area contributed by atoms with E-state index in [0.717, 1.165) is 16.0 Å². The first-order valence-corrected chi connectivity index (χ1v) is 6.69. The predicted octanol–water partition coefficient (Wildman–Crippen LogP) is 4.50. The van der Waals surface area contributed by atoms with Crippen LogP contribution in [0.4, 0.5) is 0 Å². The van der Waals surface area contributed by atoms with Gasteiger partial charge in [0, 0.05) is 9.92 Å². The molecule has 0 aliphatic heterocycles. The van der Waals surface area contributed by atoms with Crippen LogP contribution >= 0.6 is 23.4 Å². The molecule has 0 aliphatic carbocycles. The van der Waals surface area contributed by atoms with E-state index in [9.17, 15) is 0 Å². The molecule has 0 saturated heterocycles. The van der Waals surface area contributed by atoms with Gasteiger partial charge >= 0.3 is 0 Å². The zero-order chi connectivity index (χ0) is 13.2. The largest absolute Gasteiger partial charge is 0.431 e. The smallest absolute Gasteiger partial charge is 0.261 e. The van der Waals surface area contributed by atoms with Crippen LogP contribution in [0.5, 0.6) is 0 Å². The third kappa shape index (κ3) is 2.43. The van der Waals surface area contributed by atoms with Gasteiger partial charge in [-0.1, -0.05) is 23.7 Å². The van der Waals surface area contributed by atoms with Crippen LogP contribution in [0.2, 0.25) is 5.02 Å². The molecular formula is C14H7ClN2OS. The molecule has 3 aromatic rings. The van der Waals surface area contributed by atoms with E-state index in [0.29, 0.717) is 15.8 Å². The summed E-state index contributed by atoms with van der Waals surface area (Å²) in [5.41, 5.74) is 2.05. The molecule has 0 saturated carbocycles. The molecule has 0 amide bonds. The van der Waals surface area contributed by atoms with Crippen molar-refractivity contribution in [3.63, 3.8) is 0 Å². The molecule has 0 N–H and O–H groups in total. The molecule has 0 bridgehead atoms. The third-order valence-corrected chi connectivity index (χ3v) is 3.69. The molecule has 1 aromatic heterocycles. The fourth-order valence-corrected chi connectivity index (χ4v) is 2.65. The molecule has 0 fully saturated rings. The lowest BCUT2D eigenvalue weighted by molar-refractivity contribution is 0.489. The molecule has 92 valence electrons. The van der Waals surface area contributed by atoms with Crippen LogP contribution in [-0.4, -0.2) is 4.98 Å². The lowest BCUT2D eigenvalue weighted by Crippen LogP contribution is -1.81. The standard InChI is InChI=1S/C14H7ClN2OS/c15-10-5-6-13(9(7-10)8-16)19-14-17-11-3-1-2-4-12(11)18-14/h1-7H. The Kier molecular flexibility index (Phi) is 3.16. The summed E-state index contributed by atoms with van der Waals surface area (Å²) in [6, 6.07) is 14.8. The molecule has 0 atom stereocenters. The zero-order valence-corrected chi connectivity index (χ0v) is 11.2. The summed E-state index contributed by atoms with van der Waals surface area (Å²) in [5, 5.41) is 10.1. The van der Waals surface area contributed by atoms with Crippen molar-refractivity contribution in [2.45, 2.75) is 10.1 Å². The number of para-hydroxylation sites is 2. The topological polar surface area (TPSA) is 49.8 Å². The molecule has 1 heterocycles. The Hall–Kier alpha value is -1.96. The van der Waals surface area contributed by atoms with E-state index >= 15 is 0 Å². The van der Waals surface area contributed by atoms with Gasteiger partial charge in [-0.05, 0) is 42.1 Å². The zero-order valence-electron chi connectivity index (χ0n) is 9.63. The monoisotopic (exact) mass is 286 g/mol. The van der Waals surface area contributed by atoms with Gasteiger partial charge < -0.3 is 4.42 Å². The van der Waals surface area contributed by atoms with Gasteiger partial charge in [-0.25, -0.2) is 4.98 Å². The highest BCUT2D eigenvalue weighted by Gasteiger charge is 2.10. The van der Waals surface area contributed by atoms with Crippen molar-refractivity contribution >= 4 is 34.5 Å². The number of oxazole rings is 1. The van der Waals surface area contributed by atoms with Gasteiger partial charge in [-0.3, -0.25) is 0 Å². The van der Waals surface area contributed by atoms with Gasteiger partial charge in [0.25, 0.3) is 5.22 Å². The fourth-order valence-electron chi connectivity index (χ4n) is 1.67. The molecule has 0 radical (unpaired) electrons. The molecule has 19 heavy (non-hydrogen) atoms. The minimum absolute atomic E-state index is 0.514. The van der Waals surface area contributed by atoms with Gasteiger partial charge in [0.2, 0.25) is 0 Å². The molecule has 0 unspecified atom stereocenters. The molecule has 3 rings (SSSR count). The van der Waals surface area contributed by atoms with E-state index in [1.807, 2.05) is 24.3 Å². The minimum Gasteiger partial charge on any atom is -0.431 e. The van der Waals surface area contributed by atoms with Gasteiger partial charge in [0.05, 0.1) is 5.56 Å². The molecule has 5 heteroatoms. The Morgan fingerprint density at radius 1 is 1.21 bits per heavy atom. The summed E-state index contributed by atoms with van der Waals surface area (Å²) in [4.78, 5) is 5.14. The van der Waals surface area contributed by atoms with Crippen LogP contribution in [0.25, 0.3) is 11.1 Å². The van der Waals surface area contributed by atoms with Gasteiger partial charge in [0.15, 0.2) is 5.58 Å². The van der Waals surface area contributed by atoms with Gasteiger partial charge in [-0.15, -0.1) is 0 Å². The maximum Gasteiger partial charge on any atom is 0.261 e. The van der Waals surface area contributed by atoms with Crippen LogP contribution in [0, 0.1) is 11.3 Å². The first-order chi connectivity index (χ1) is 9.26. The average molecular weight is 287 g/mol. The summed E-state index contributed by atoms with van der Waals surface area (Å²) in [6.45, 7) is 0. The second-order valence-corrected chi connectivity index (χ2v) is 5.23. The van der Waals surface area contributed by atoms with Crippen molar-refractivity contribution in [1.29, 1.82) is 5.26 Å². The molecule has 2 aromatic carbocycles. The summed E-state index contributed by atoms with van der Waals surface area (Å²) in [5.74, 6) is 0. The third-order valence-electron chi connectivity index (χ3n) is 2.53. The molecule has 0 spiro atoms. The van der Waals surface area contributed by atoms with Crippen molar-refractivity contribution in [1.82, 2.24) is 4.98 Å². The molecule has 3 nitrogen and oxygen atoms in total. The van der Waals surface area contributed by atoms with Crippen LogP contribution in [0.1, 0.15) is 5.56 Å². The molecular weight excluding hydrogens is 280 g/mol. The first kappa shape index (κ1) is 12.1. The number of benzene rings is 2. The van der Waals surface area contributed by atoms with Crippen molar-refractivity contribution in [2.75, 3.05) is 0 Å². The van der Waals surface area contributed by atoms with Crippen LogP contribution in [-0.2, 0) is 0 Å². The van der Waals surface area contributed by atoms with Crippen LogP contribution < -0.4 is 0 Å². The highest BCUT2D eigenvalue weighted by molar-refractivity contribution is 7.99. The fraction of sp³-hybridized carbons (Fsp3) is 0. The number of hydrogen-bond donors (Lipinski definition) is 0. The Labute approximate surface area is 118 Å². The Bertz CT molecular complexity index is 758. The van der Waals surface area contributed by atoms with E-state index in [2.05, 4.69) is 11.1 Å². The number of hydrogen-bond acceptors (Lipinski definition) is 4. The second-order valence-electron chi connectivity index (χ2n) is 3.80. The van der Waals surface area contributed by atoms with E-state index in [-0.39, 0.29) is 0 Å². The SMILES string of the molecule is N#Cc1cc(Cl)ccc1Sc1nc2ccccc2o1. The Morgan fingerprint density at radius 2 is 2.05 bits per heavy atom. The Morgan fingerprint density at radius 3 is 2.84 bits per heavy atom. The normalized spacial score (nSPS) is 10.5. The number of nitrogens with zero attached hydrogens (tertiary/aromatic N) is 2. The lowest BCUT2D eigenvalue weighted by Gasteiger charge is -2.00. The number of halogens is 1. The van der Waals surface area contributed by atoms with Crippen molar-refractivity contribution < 1.29 is 4.42 Å². The van der Waals surface area contributed by atoms with Crippen molar-refractivity contribution in [3.05, 3.63) is 53.1 Å². The Balaban J connectivity index is 1.99. The van der Waals surface area contributed by atoms with Crippen LogP contribution in [0.3, 0.4) is 0 Å². The van der Waals surface area contributed by atoms with E-state index in [1.165, 1.54) is 11.8 Å². The molecule has 0 aliphatic rings. The highest BCUT2D eigenvalue weighted by atomic mass is 35.5. The van der Waals surface area contributed by atoms with E-state index in [1.54, 1.807) is 18.2 Å². The van der Waals surface area contributed by atoms with E-state index in [4.69, 9.17) is 21.3 Å². The summed E-state index contributed by atoms with van der Waals surface area (Å²) in [6.07, 6.45) is 0. The van der Waals surface area contributed by atoms with Gasteiger partial charge in [0.1, 0.15) is 11.6 Å². The maximum atomic E-state index is 9.09. The summed E-state index contributed by atoms with van der Waals surface area (Å²) in [7, 11) is 0. The lowest BCUT2D eigenvalue weighted by atomic mass is 10.2. The van der Waals surface area contributed by atoms with Crippen molar-refractivity contribution in [3.8, 4) is 6.07 Å². The number of nitriles is 1. The quantitative estimate of drug-likeness (QED) is 0.696. The first-order valence-electron chi connectivity index (χ1n) is 5.49. The van der Waals surface area contributed by atoms with E-state index < -0.39 is 0 Å². The van der Waals surface area contributed by atoms with Gasteiger partial charge in [-0.2, -0.15) is 5.26 Å². The number of rotatable bonds is 2. The minimum atomic E-state index is 0.514. The number of fused-ring (bicyclic) bond motifs is 1. The second kappa shape index (κ2) is 4.96.